The molecule has 2 N–H and O–H groups in total. The van der Waals surface area contributed by atoms with Crippen molar-refractivity contribution in [2.45, 2.75) is 25.8 Å². The van der Waals surface area contributed by atoms with E-state index < -0.39 is 0 Å². The second kappa shape index (κ2) is 4.90. The molecule has 0 aliphatic carbocycles. The first-order chi connectivity index (χ1) is 8.72. The summed E-state index contributed by atoms with van der Waals surface area (Å²) in [5, 5.41) is 0. The predicted octanol–water partition coefficient (Wildman–Crippen LogP) is 1.44. The fourth-order valence-electron chi connectivity index (χ4n) is 2.96. The molecule has 98 valence electrons. The van der Waals surface area contributed by atoms with Gasteiger partial charge in [0.15, 0.2) is 0 Å². The third kappa shape index (κ3) is 2.38. The molecule has 0 aromatic heterocycles. The number of fused-ring (bicyclic) bond motifs is 1. The van der Waals surface area contributed by atoms with E-state index in [-0.39, 0.29) is 0 Å². The molecule has 1 aromatic rings. The zero-order valence-corrected chi connectivity index (χ0v) is 11.1. The minimum atomic E-state index is 0.360. The van der Waals surface area contributed by atoms with Gasteiger partial charge in [0.1, 0.15) is 5.75 Å². The Morgan fingerprint density at radius 1 is 1.39 bits per heavy atom. The molecule has 0 bridgehead atoms. The van der Waals surface area contributed by atoms with Crippen LogP contribution >= 0.6 is 0 Å². The maximum Gasteiger partial charge on any atom is 0.122 e. The maximum absolute atomic E-state index is 6.05. The van der Waals surface area contributed by atoms with Crippen LogP contribution in [0.25, 0.3) is 0 Å². The molecule has 2 heterocycles. The van der Waals surface area contributed by atoms with Gasteiger partial charge in [-0.05, 0) is 29.5 Å². The molecule has 0 radical (unpaired) electrons. The van der Waals surface area contributed by atoms with Crippen LogP contribution in [0.5, 0.6) is 5.75 Å². The van der Waals surface area contributed by atoms with Gasteiger partial charge in [0.25, 0.3) is 0 Å². The second-order valence-corrected chi connectivity index (χ2v) is 5.69. The number of benzene rings is 1. The fraction of sp³-hybridized carbons (Fsp3) is 0.600. The van der Waals surface area contributed by atoms with Crippen molar-refractivity contribution in [1.29, 1.82) is 0 Å². The summed E-state index contributed by atoms with van der Waals surface area (Å²) in [6.07, 6.45) is 2.18. The molecule has 2 aliphatic heterocycles. The van der Waals surface area contributed by atoms with E-state index >= 15 is 0 Å². The van der Waals surface area contributed by atoms with Gasteiger partial charge in [0.05, 0.1) is 6.61 Å². The maximum atomic E-state index is 6.05. The molecule has 0 spiro atoms. The van der Waals surface area contributed by atoms with Gasteiger partial charge in [-0.25, -0.2) is 0 Å². The van der Waals surface area contributed by atoms with Gasteiger partial charge in [-0.1, -0.05) is 19.1 Å². The topological polar surface area (TPSA) is 38.5 Å². The van der Waals surface area contributed by atoms with E-state index in [2.05, 4.69) is 30.0 Å². The van der Waals surface area contributed by atoms with Crippen molar-refractivity contribution >= 4 is 0 Å². The summed E-state index contributed by atoms with van der Waals surface area (Å²) >= 11 is 0. The Morgan fingerprint density at radius 2 is 2.28 bits per heavy atom. The molecule has 0 saturated carbocycles. The molecule has 3 heteroatoms. The van der Waals surface area contributed by atoms with E-state index in [1.807, 2.05) is 0 Å². The summed E-state index contributed by atoms with van der Waals surface area (Å²) in [4.78, 5) is 2.49. The average Bonchev–Trinajstić information content (AvgIpc) is 2.94. The number of rotatable bonds is 3. The largest absolute Gasteiger partial charge is 0.493 e. The van der Waals surface area contributed by atoms with Crippen LogP contribution in [-0.4, -0.2) is 37.2 Å². The lowest BCUT2D eigenvalue weighted by molar-refractivity contribution is 0.331. The highest BCUT2D eigenvalue weighted by atomic mass is 16.5. The van der Waals surface area contributed by atoms with Gasteiger partial charge in [0.2, 0.25) is 0 Å². The van der Waals surface area contributed by atoms with Crippen LogP contribution < -0.4 is 10.5 Å². The first-order valence-electron chi connectivity index (χ1n) is 6.95. The summed E-state index contributed by atoms with van der Waals surface area (Å²) in [7, 11) is 0. The Labute approximate surface area is 109 Å². The zero-order valence-electron chi connectivity index (χ0n) is 11.1. The van der Waals surface area contributed by atoms with E-state index in [4.69, 9.17) is 10.5 Å². The highest BCUT2D eigenvalue weighted by Gasteiger charge is 2.25. The third-order valence-corrected chi connectivity index (χ3v) is 4.22. The molecule has 2 aliphatic rings. The van der Waals surface area contributed by atoms with Gasteiger partial charge in [-0.3, -0.25) is 0 Å². The standard InChI is InChI=1S/C15H22N2O/c1-11-9-17(10-14(11)16)6-4-12-2-3-15-13(8-12)5-7-18-15/h2-3,8,11,14H,4-7,9-10,16H2,1H3. The van der Waals surface area contributed by atoms with Crippen LogP contribution in [0.2, 0.25) is 0 Å². The average molecular weight is 246 g/mol. The molecule has 1 fully saturated rings. The summed E-state index contributed by atoms with van der Waals surface area (Å²) in [5.74, 6) is 1.72. The van der Waals surface area contributed by atoms with E-state index in [0.29, 0.717) is 12.0 Å². The van der Waals surface area contributed by atoms with Gasteiger partial charge >= 0.3 is 0 Å². The number of likely N-dealkylation sites (tertiary alicyclic amines) is 1. The smallest absolute Gasteiger partial charge is 0.122 e. The van der Waals surface area contributed by atoms with Gasteiger partial charge in [-0.15, -0.1) is 0 Å². The van der Waals surface area contributed by atoms with Crippen LogP contribution in [-0.2, 0) is 12.8 Å². The van der Waals surface area contributed by atoms with E-state index in [9.17, 15) is 0 Å². The minimum absolute atomic E-state index is 0.360. The van der Waals surface area contributed by atoms with Crippen molar-refractivity contribution in [3.8, 4) is 5.75 Å². The van der Waals surface area contributed by atoms with Crippen LogP contribution in [0, 0.1) is 5.92 Å². The molecule has 1 saturated heterocycles. The SMILES string of the molecule is CC1CN(CCc2ccc3c(c2)CCO3)CC1N. The normalized spacial score (nSPS) is 27.2. The van der Waals surface area contributed by atoms with Crippen molar-refractivity contribution in [3.63, 3.8) is 0 Å². The number of ether oxygens (including phenoxy) is 1. The summed E-state index contributed by atoms with van der Waals surface area (Å²) < 4.78 is 5.53. The Hall–Kier alpha value is -1.06. The van der Waals surface area contributed by atoms with Crippen molar-refractivity contribution in [3.05, 3.63) is 29.3 Å². The van der Waals surface area contributed by atoms with Crippen molar-refractivity contribution in [2.24, 2.45) is 11.7 Å². The zero-order chi connectivity index (χ0) is 12.5. The number of hydrogen-bond acceptors (Lipinski definition) is 3. The lowest BCUT2D eigenvalue weighted by Crippen LogP contribution is -2.29. The van der Waals surface area contributed by atoms with Crippen LogP contribution in [0.3, 0.4) is 0 Å². The van der Waals surface area contributed by atoms with Crippen molar-refractivity contribution in [1.82, 2.24) is 4.90 Å². The Bertz CT molecular complexity index is 423. The van der Waals surface area contributed by atoms with E-state index in [0.717, 1.165) is 44.8 Å². The Morgan fingerprint density at radius 3 is 3.06 bits per heavy atom. The molecule has 0 amide bonds. The third-order valence-electron chi connectivity index (χ3n) is 4.22. The number of nitrogens with two attached hydrogens (primary N) is 1. The predicted molar refractivity (Wildman–Crippen MR) is 72.9 cm³/mol. The quantitative estimate of drug-likeness (QED) is 0.877. The van der Waals surface area contributed by atoms with Crippen LogP contribution in [0.4, 0.5) is 0 Å². The summed E-state index contributed by atoms with van der Waals surface area (Å²) in [6.45, 7) is 6.41. The monoisotopic (exact) mass is 246 g/mol. The van der Waals surface area contributed by atoms with Gasteiger partial charge in [-0.2, -0.15) is 0 Å². The highest BCUT2D eigenvalue weighted by Crippen LogP contribution is 2.26. The van der Waals surface area contributed by atoms with Crippen LogP contribution in [0.1, 0.15) is 18.1 Å². The highest BCUT2D eigenvalue weighted by molar-refractivity contribution is 5.39. The van der Waals surface area contributed by atoms with E-state index in [1.165, 1.54) is 11.1 Å². The molecule has 18 heavy (non-hydrogen) atoms. The fourth-order valence-corrected chi connectivity index (χ4v) is 2.96. The summed E-state index contributed by atoms with van der Waals surface area (Å²) in [5.41, 5.74) is 8.85. The minimum Gasteiger partial charge on any atom is -0.493 e. The molecule has 1 aromatic carbocycles. The van der Waals surface area contributed by atoms with Crippen molar-refractivity contribution in [2.75, 3.05) is 26.2 Å². The van der Waals surface area contributed by atoms with Crippen molar-refractivity contribution < 1.29 is 4.74 Å². The van der Waals surface area contributed by atoms with Gasteiger partial charge in [0, 0.05) is 32.1 Å². The molecule has 2 unspecified atom stereocenters. The molecular formula is C15H22N2O. The first-order valence-corrected chi connectivity index (χ1v) is 6.95. The number of nitrogens with zero attached hydrogens (tertiary/aromatic N) is 1. The second-order valence-electron chi connectivity index (χ2n) is 5.69. The Balaban J connectivity index is 1.57. The molecule has 2 atom stereocenters. The number of hydrogen-bond donors (Lipinski definition) is 1. The first kappa shape index (κ1) is 12.0. The summed E-state index contributed by atoms with van der Waals surface area (Å²) in [6, 6.07) is 6.99. The lowest BCUT2D eigenvalue weighted by Gasteiger charge is -2.15. The molecule has 3 rings (SSSR count). The van der Waals surface area contributed by atoms with Gasteiger partial charge < -0.3 is 15.4 Å². The van der Waals surface area contributed by atoms with Crippen LogP contribution in [0.15, 0.2) is 18.2 Å². The lowest BCUT2D eigenvalue weighted by atomic mass is 10.1. The Kier molecular flexibility index (Phi) is 3.27. The molecular weight excluding hydrogens is 224 g/mol. The molecule has 3 nitrogen and oxygen atoms in total. The van der Waals surface area contributed by atoms with E-state index in [1.54, 1.807) is 0 Å².